The zero-order chi connectivity index (χ0) is 15.2. The van der Waals surface area contributed by atoms with Crippen molar-refractivity contribution in [2.45, 2.75) is 33.9 Å². The highest BCUT2D eigenvalue weighted by atomic mass is 19.1. The van der Waals surface area contributed by atoms with E-state index in [2.05, 4.69) is 29.3 Å². The summed E-state index contributed by atoms with van der Waals surface area (Å²) >= 11 is 0. The molecule has 0 saturated heterocycles. The molecule has 114 valence electrons. The van der Waals surface area contributed by atoms with Gasteiger partial charge in [0.15, 0.2) is 6.61 Å². The zero-order valence-electron chi connectivity index (χ0n) is 12.5. The molecule has 2 aromatic rings. The molecule has 1 heterocycles. The van der Waals surface area contributed by atoms with Crippen LogP contribution in [0.3, 0.4) is 0 Å². The summed E-state index contributed by atoms with van der Waals surface area (Å²) < 4.78 is 23.9. The van der Waals surface area contributed by atoms with E-state index in [0.717, 1.165) is 12.1 Å². The molecular weight excluding hydrogens is 273 g/mol. The van der Waals surface area contributed by atoms with Gasteiger partial charge in [-0.05, 0) is 30.2 Å². The van der Waals surface area contributed by atoms with E-state index >= 15 is 0 Å². The number of ether oxygens (including phenoxy) is 1. The summed E-state index contributed by atoms with van der Waals surface area (Å²) in [6.07, 6.45) is 0. The molecule has 0 radical (unpaired) electrons. The van der Waals surface area contributed by atoms with Gasteiger partial charge in [0.1, 0.15) is 11.6 Å². The van der Waals surface area contributed by atoms with Gasteiger partial charge in [0.2, 0.25) is 11.7 Å². The minimum atomic E-state index is -0.321. The number of benzene rings is 1. The normalized spacial score (nSPS) is 11.1. The van der Waals surface area contributed by atoms with Crippen LogP contribution in [0.2, 0.25) is 0 Å². The Morgan fingerprint density at radius 2 is 2.14 bits per heavy atom. The second-order valence-corrected chi connectivity index (χ2v) is 5.34. The van der Waals surface area contributed by atoms with Gasteiger partial charge >= 0.3 is 0 Å². The van der Waals surface area contributed by atoms with E-state index in [-0.39, 0.29) is 12.4 Å². The Labute approximate surface area is 123 Å². The van der Waals surface area contributed by atoms with Gasteiger partial charge in [0.05, 0.1) is 0 Å². The van der Waals surface area contributed by atoms with Crippen LogP contribution < -0.4 is 10.1 Å². The van der Waals surface area contributed by atoms with Crippen LogP contribution in [0.15, 0.2) is 22.7 Å². The predicted octanol–water partition coefficient (Wildman–Crippen LogP) is 2.84. The fraction of sp³-hybridized carbons (Fsp3) is 0.467. The molecule has 0 unspecified atom stereocenters. The topological polar surface area (TPSA) is 60.2 Å². The summed E-state index contributed by atoms with van der Waals surface area (Å²) in [6, 6.07) is 4.65. The van der Waals surface area contributed by atoms with Crippen molar-refractivity contribution in [3.8, 4) is 5.75 Å². The highest BCUT2D eigenvalue weighted by Crippen LogP contribution is 2.17. The Hall–Kier alpha value is -1.95. The lowest BCUT2D eigenvalue weighted by molar-refractivity contribution is 0.284. The van der Waals surface area contributed by atoms with Gasteiger partial charge in [0.25, 0.3) is 0 Å². The quantitative estimate of drug-likeness (QED) is 0.850. The smallest absolute Gasteiger partial charge is 0.223 e. The third-order valence-electron chi connectivity index (χ3n) is 2.75. The third-order valence-corrected chi connectivity index (χ3v) is 2.75. The second-order valence-electron chi connectivity index (χ2n) is 5.34. The first-order valence-corrected chi connectivity index (χ1v) is 6.95. The maximum absolute atomic E-state index is 13.6. The highest BCUT2D eigenvalue weighted by molar-refractivity contribution is 5.29. The molecule has 0 atom stereocenters. The van der Waals surface area contributed by atoms with Gasteiger partial charge in [-0.1, -0.05) is 19.0 Å². The standard InChI is InChI=1S/C15H20FN3O2/c1-10(2)7-17-8-12-4-13(16)6-14(5-12)20-9-15-18-11(3)21-19-15/h4-6,10,17H,7-9H2,1-3H3. The molecule has 2 rings (SSSR count). The Morgan fingerprint density at radius 1 is 1.33 bits per heavy atom. The van der Waals surface area contributed by atoms with Crippen molar-refractivity contribution in [2.24, 2.45) is 5.92 Å². The summed E-state index contributed by atoms with van der Waals surface area (Å²) in [5.74, 6) is 1.61. The third kappa shape index (κ3) is 5.15. The van der Waals surface area contributed by atoms with E-state index in [1.54, 1.807) is 6.92 Å². The lowest BCUT2D eigenvalue weighted by Crippen LogP contribution is -2.19. The average molecular weight is 293 g/mol. The SMILES string of the molecule is Cc1nc(COc2cc(F)cc(CNCC(C)C)c2)no1. The van der Waals surface area contributed by atoms with Crippen molar-refractivity contribution < 1.29 is 13.7 Å². The molecule has 0 fully saturated rings. The summed E-state index contributed by atoms with van der Waals surface area (Å²) in [7, 11) is 0. The first-order valence-electron chi connectivity index (χ1n) is 6.95. The molecule has 1 aromatic heterocycles. The van der Waals surface area contributed by atoms with Crippen molar-refractivity contribution in [1.82, 2.24) is 15.5 Å². The fourth-order valence-electron chi connectivity index (χ4n) is 1.86. The van der Waals surface area contributed by atoms with Crippen LogP contribution in [-0.2, 0) is 13.2 Å². The molecule has 0 aliphatic heterocycles. The summed E-state index contributed by atoms with van der Waals surface area (Å²) in [6.45, 7) is 7.60. The molecule has 0 saturated carbocycles. The Kier molecular flexibility index (Phi) is 5.27. The van der Waals surface area contributed by atoms with Crippen LogP contribution >= 0.6 is 0 Å². The van der Waals surface area contributed by atoms with Crippen molar-refractivity contribution in [1.29, 1.82) is 0 Å². The minimum Gasteiger partial charge on any atom is -0.485 e. The number of hydrogen-bond acceptors (Lipinski definition) is 5. The maximum atomic E-state index is 13.6. The van der Waals surface area contributed by atoms with E-state index in [4.69, 9.17) is 9.26 Å². The molecule has 6 heteroatoms. The monoisotopic (exact) mass is 293 g/mol. The maximum Gasteiger partial charge on any atom is 0.223 e. The van der Waals surface area contributed by atoms with Gasteiger partial charge in [-0.3, -0.25) is 0 Å². The number of aromatic nitrogens is 2. The van der Waals surface area contributed by atoms with Crippen molar-refractivity contribution in [2.75, 3.05) is 6.54 Å². The minimum absolute atomic E-state index is 0.152. The largest absolute Gasteiger partial charge is 0.485 e. The van der Waals surface area contributed by atoms with Crippen LogP contribution in [0, 0.1) is 18.7 Å². The van der Waals surface area contributed by atoms with Crippen LogP contribution in [0.4, 0.5) is 4.39 Å². The zero-order valence-corrected chi connectivity index (χ0v) is 12.5. The fourth-order valence-corrected chi connectivity index (χ4v) is 1.86. The molecule has 0 aliphatic carbocycles. The number of rotatable bonds is 7. The average Bonchev–Trinajstić information content (AvgIpc) is 2.81. The van der Waals surface area contributed by atoms with E-state index in [1.807, 2.05) is 6.07 Å². The van der Waals surface area contributed by atoms with Gasteiger partial charge in [0, 0.05) is 19.5 Å². The van der Waals surface area contributed by atoms with Crippen LogP contribution in [-0.4, -0.2) is 16.7 Å². The van der Waals surface area contributed by atoms with Crippen molar-refractivity contribution in [3.05, 3.63) is 41.3 Å². The molecule has 5 nitrogen and oxygen atoms in total. The number of nitrogens with one attached hydrogen (secondary N) is 1. The Morgan fingerprint density at radius 3 is 2.81 bits per heavy atom. The first kappa shape index (κ1) is 15.4. The van der Waals surface area contributed by atoms with E-state index in [0.29, 0.717) is 29.9 Å². The van der Waals surface area contributed by atoms with Gasteiger partial charge in [-0.15, -0.1) is 0 Å². The predicted molar refractivity (Wildman–Crippen MR) is 76.3 cm³/mol. The van der Waals surface area contributed by atoms with Crippen LogP contribution in [0.25, 0.3) is 0 Å². The first-order chi connectivity index (χ1) is 10.0. The second kappa shape index (κ2) is 7.17. The molecule has 1 N–H and O–H groups in total. The number of aryl methyl sites for hydroxylation is 1. The van der Waals surface area contributed by atoms with E-state index in [1.165, 1.54) is 12.1 Å². The molecule has 0 aliphatic rings. The van der Waals surface area contributed by atoms with Crippen molar-refractivity contribution in [3.63, 3.8) is 0 Å². The highest BCUT2D eigenvalue weighted by Gasteiger charge is 2.06. The number of hydrogen-bond donors (Lipinski definition) is 1. The number of halogens is 1. The molecule has 1 aromatic carbocycles. The number of nitrogens with zero attached hydrogens (tertiary/aromatic N) is 2. The van der Waals surface area contributed by atoms with Gasteiger partial charge in [-0.25, -0.2) is 4.39 Å². The van der Waals surface area contributed by atoms with Gasteiger partial charge < -0.3 is 14.6 Å². The Bertz CT molecular complexity index is 584. The van der Waals surface area contributed by atoms with E-state index < -0.39 is 0 Å². The molecule has 0 amide bonds. The summed E-state index contributed by atoms with van der Waals surface area (Å²) in [5, 5.41) is 7.00. The van der Waals surface area contributed by atoms with Crippen molar-refractivity contribution >= 4 is 0 Å². The molecule has 0 bridgehead atoms. The lowest BCUT2D eigenvalue weighted by Gasteiger charge is -2.10. The van der Waals surface area contributed by atoms with Crippen LogP contribution in [0.5, 0.6) is 5.75 Å². The Balaban J connectivity index is 1.94. The van der Waals surface area contributed by atoms with Crippen LogP contribution in [0.1, 0.15) is 31.1 Å². The summed E-state index contributed by atoms with van der Waals surface area (Å²) in [5.41, 5.74) is 0.843. The lowest BCUT2D eigenvalue weighted by atomic mass is 10.2. The van der Waals surface area contributed by atoms with Gasteiger partial charge in [-0.2, -0.15) is 4.98 Å². The molecular formula is C15H20FN3O2. The molecule has 21 heavy (non-hydrogen) atoms. The molecule has 0 spiro atoms. The summed E-state index contributed by atoms with van der Waals surface area (Å²) in [4.78, 5) is 4.03. The van der Waals surface area contributed by atoms with E-state index in [9.17, 15) is 4.39 Å².